The Kier molecular flexibility index (Phi) is 5.56. The molecule has 1 aliphatic rings. The van der Waals surface area contributed by atoms with Crippen LogP contribution in [0.1, 0.15) is 19.3 Å². The maximum Gasteiger partial charge on any atom is 0.321 e. The first-order valence-electron chi connectivity index (χ1n) is 8.39. The zero-order valence-electron chi connectivity index (χ0n) is 13.7. The van der Waals surface area contributed by atoms with Crippen LogP contribution in [0, 0.1) is 0 Å². The number of para-hydroxylation sites is 1. The highest BCUT2D eigenvalue weighted by atomic mass is 16.5. The second kappa shape index (κ2) is 8.24. The summed E-state index contributed by atoms with van der Waals surface area (Å²) >= 11 is 0. The van der Waals surface area contributed by atoms with Crippen LogP contribution in [-0.2, 0) is 0 Å². The summed E-state index contributed by atoms with van der Waals surface area (Å²) in [4.78, 5) is 14.3. The van der Waals surface area contributed by atoms with Crippen LogP contribution < -0.4 is 20.3 Å². The standard InChI is InChI=1S/C19H23N3O2/c23-19(20-15-24-18-7-3-1-4-8-18)21-16-9-11-17(12-10-16)22-13-5-2-6-14-22/h1,3-4,7-12H,2,5-6,13-15H2,(H2,20,21,23). The molecule has 0 saturated carbocycles. The van der Waals surface area contributed by atoms with Gasteiger partial charge in [-0.15, -0.1) is 0 Å². The fraction of sp³-hybridized carbons (Fsp3) is 0.316. The van der Waals surface area contributed by atoms with Crippen molar-refractivity contribution in [2.75, 3.05) is 30.0 Å². The van der Waals surface area contributed by atoms with E-state index >= 15 is 0 Å². The molecule has 0 bridgehead atoms. The fourth-order valence-corrected chi connectivity index (χ4v) is 2.78. The van der Waals surface area contributed by atoms with Gasteiger partial charge < -0.3 is 20.3 Å². The van der Waals surface area contributed by atoms with Crippen molar-refractivity contribution in [1.29, 1.82) is 0 Å². The number of ether oxygens (including phenoxy) is 1. The molecule has 2 aromatic carbocycles. The van der Waals surface area contributed by atoms with Crippen molar-refractivity contribution in [3.05, 3.63) is 54.6 Å². The molecule has 0 aliphatic carbocycles. The normalized spacial score (nSPS) is 14.1. The highest BCUT2D eigenvalue weighted by Crippen LogP contribution is 2.21. The molecular weight excluding hydrogens is 302 g/mol. The van der Waals surface area contributed by atoms with Crippen LogP contribution in [0.4, 0.5) is 16.2 Å². The van der Waals surface area contributed by atoms with E-state index in [0.717, 1.165) is 24.5 Å². The lowest BCUT2D eigenvalue weighted by molar-refractivity contribution is 0.234. The lowest BCUT2D eigenvalue weighted by Gasteiger charge is -2.28. The zero-order valence-corrected chi connectivity index (χ0v) is 13.7. The summed E-state index contributed by atoms with van der Waals surface area (Å²) in [6.07, 6.45) is 3.83. The minimum absolute atomic E-state index is 0.127. The van der Waals surface area contributed by atoms with E-state index in [1.54, 1.807) is 0 Å². The zero-order chi connectivity index (χ0) is 16.6. The predicted octanol–water partition coefficient (Wildman–Crippen LogP) is 3.83. The molecule has 1 heterocycles. The Balaban J connectivity index is 1.44. The number of urea groups is 1. The van der Waals surface area contributed by atoms with Gasteiger partial charge in [-0.25, -0.2) is 4.79 Å². The summed E-state index contributed by atoms with van der Waals surface area (Å²) in [5.74, 6) is 0.726. The molecule has 5 nitrogen and oxygen atoms in total. The third-order valence-corrected chi connectivity index (χ3v) is 4.06. The van der Waals surface area contributed by atoms with Crippen molar-refractivity contribution in [2.45, 2.75) is 19.3 Å². The maximum absolute atomic E-state index is 11.9. The lowest BCUT2D eigenvalue weighted by Crippen LogP contribution is -2.32. The molecule has 0 spiro atoms. The molecule has 1 aliphatic heterocycles. The summed E-state index contributed by atoms with van der Waals surface area (Å²) < 4.78 is 5.43. The molecule has 0 radical (unpaired) electrons. The van der Waals surface area contributed by atoms with Crippen molar-refractivity contribution in [1.82, 2.24) is 5.32 Å². The summed E-state index contributed by atoms with van der Waals surface area (Å²) in [5, 5.41) is 5.48. The van der Waals surface area contributed by atoms with Gasteiger partial charge >= 0.3 is 6.03 Å². The van der Waals surface area contributed by atoms with Crippen LogP contribution in [0.2, 0.25) is 0 Å². The fourth-order valence-electron chi connectivity index (χ4n) is 2.78. The smallest absolute Gasteiger partial charge is 0.321 e. The predicted molar refractivity (Wildman–Crippen MR) is 96.6 cm³/mol. The van der Waals surface area contributed by atoms with Crippen LogP contribution in [0.3, 0.4) is 0 Å². The number of carbonyl (C=O) groups is 1. The molecule has 24 heavy (non-hydrogen) atoms. The summed E-state index contributed by atoms with van der Waals surface area (Å²) in [7, 11) is 0. The molecule has 126 valence electrons. The Morgan fingerprint density at radius 3 is 2.38 bits per heavy atom. The molecule has 0 aromatic heterocycles. The second-order valence-corrected chi connectivity index (χ2v) is 5.83. The van der Waals surface area contributed by atoms with Crippen LogP contribution >= 0.6 is 0 Å². The van der Waals surface area contributed by atoms with Crippen LogP contribution in [-0.4, -0.2) is 25.9 Å². The van der Waals surface area contributed by atoms with E-state index in [1.165, 1.54) is 24.9 Å². The van der Waals surface area contributed by atoms with E-state index in [2.05, 4.69) is 27.7 Å². The van der Waals surface area contributed by atoms with Crippen LogP contribution in [0.25, 0.3) is 0 Å². The molecule has 1 saturated heterocycles. The number of hydrogen-bond donors (Lipinski definition) is 2. The highest BCUT2D eigenvalue weighted by molar-refractivity contribution is 5.89. The van der Waals surface area contributed by atoms with Crippen molar-refractivity contribution in [2.24, 2.45) is 0 Å². The minimum Gasteiger partial charge on any atom is -0.473 e. The van der Waals surface area contributed by atoms with Crippen molar-refractivity contribution < 1.29 is 9.53 Å². The van der Waals surface area contributed by atoms with Gasteiger partial charge in [-0.2, -0.15) is 0 Å². The summed E-state index contributed by atoms with van der Waals surface area (Å²) in [5.41, 5.74) is 1.99. The number of piperidine rings is 1. The second-order valence-electron chi connectivity index (χ2n) is 5.83. The van der Waals surface area contributed by atoms with E-state index < -0.39 is 0 Å². The topological polar surface area (TPSA) is 53.6 Å². The Hall–Kier alpha value is -2.69. The number of nitrogens with zero attached hydrogens (tertiary/aromatic N) is 1. The van der Waals surface area contributed by atoms with Gasteiger partial charge in [0.2, 0.25) is 0 Å². The van der Waals surface area contributed by atoms with E-state index in [-0.39, 0.29) is 12.8 Å². The number of anilines is 2. The van der Waals surface area contributed by atoms with Crippen LogP contribution in [0.5, 0.6) is 5.75 Å². The molecule has 3 rings (SSSR count). The number of amides is 2. The number of nitrogens with one attached hydrogen (secondary N) is 2. The average molecular weight is 325 g/mol. The van der Waals surface area contributed by atoms with Gasteiger partial charge in [0.1, 0.15) is 5.75 Å². The average Bonchev–Trinajstić information content (AvgIpc) is 2.64. The first-order chi connectivity index (χ1) is 11.8. The van der Waals surface area contributed by atoms with Crippen molar-refractivity contribution >= 4 is 17.4 Å². The quantitative estimate of drug-likeness (QED) is 0.821. The number of carbonyl (C=O) groups excluding carboxylic acids is 1. The van der Waals surface area contributed by atoms with Gasteiger partial charge in [0.25, 0.3) is 0 Å². The molecule has 2 aromatic rings. The molecule has 2 amide bonds. The van der Waals surface area contributed by atoms with Gasteiger partial charge in [-0.3, -0.25) is 0 Å². The molecular formula is C19H23N3O2. The van der Waals surface area contributed by atoms with Gasteiger partial charge in [0.15, 0.2) is 6.73 Å². The Bertz CT molecular complexity index is 637. The Labute approximate surface area is 142 Å². The number of hydrogen-bond acceptors (Lipinski definition) is 3. The molecule has 0 atom stereocenters. The Morgan fingerprint density at radius 1 is 0.958 bits per heavy atom. The van der Waals surface area contributed by atoms with E-state index in [4.69, 9.17) is 4.74 Å². The van der Waals surface area contributed by atoms with E-state index in [0.29, 0.717) is 0 Å². The third kappa shape index (κ3) is 4.65. The first kappa shape index (κ1) is 16.2. The van der Waals surface area contributed by atoms with Gasteiger partial charge in [0.05, 0.1) is 0 Å². The maximum atomic E-state index is 11.9. The SMILES string of the molecule is O=C(NCOc1ccccc1)Nc1ccc(N2CCCCC2)cc1. The summed E-state index contributed by atoms with van der Waals surface area (Å²) in [6.45, 7) is 2.36. The summed E-state index contributed by atoms with van der Waals surface area (Å²) in [6, 6.07) is 17.1. The molecule has 5 heteroatoms. The lowest BCUT2D eigenvalue weighted by atomic mass is 10.1. The Morgan fingerprint density at radius 2 is 1.67 bits per heavy atom. The van der Waals surface area contributed by atoms with Crippen molar-refractivity contribution in [3.8, 4) is 5.75 Å². The number of benzene rings is 2. The van der Waals surface area contributed by atoms with Gasteiger partial charge in [-0.05, 0) is 55.7 Å². The van der Waals surface area contributed by atoms with E-state index in [9.17, 15) is 4.79 Å². The van der Waals surface area contributed by atoms with Gasteiger partial charge in [0, 0.05) is 24.5 Å². The molecule has 2 N–H and O–H groups in total. The monoisotopic (exact) mass is 325 g/mol. The largest absolute Gasteiger partial charge is 0.473 e. The molecule has 0 unspecified atom stereocenters. The van der Waals surface area contributed by atoms with Crippen LogP contribution in [0.15, 0.2) is 54.6 Å². The highest BCUT2D eigenvalue weighted by Gasteiger charge is 2.10. The molecule has 1 fully saturated rings. The third-order valence-electron chi connectivity index (χ3n) is 4.06. The minimum atomic E-state index is -0.281. The van der Waals surface area contributed by atoms with Gasteiger partial charge in [-0.1, -0.05) is 18.2 Å². The first-order valence-corrected chi connectivity index (χ1v) is 8.39. The van der Waals surface area contributed by atoms with E-state index in [1.807, 2.05) is 42.5 Å². The van der Waals surface area contributed by atoms with Crippen molar-refractivity contribution in [3.63, 3.8) is 0 Å². The number of rotatable bonds is 5.